The summed E-state index contributed by atoms with van der Waals surface area (Å²) in [4.78, 5) is 16.0. The Bertz CT molecular complexity index is 779. The van der Waals surface area contributed by atoms with E-state index in [1.165, 1.54) is 11.2 Å². The molecule has 10 heteroatoms. The fourth-order valence-corrected chi connectivity index (χ4v) is 2.79. The van der Waals surface area contributed by atoms with Crippen molar-refractivity contribution < 1.29 is 18.0 Å². The SMILES string of the molecule is C=CN(CCNC(=O)c1nc2cc(C(F)(F)F)cc(N)c2s1)N=C. The minimum atomic E-state index is -4.53. The van der Waals surface area contributed by atoms with Gasteiger partial charge in [0.1, 0.15) is 0 Å². The van der Waals surface area contributed by atoms with E-state index >= 15 is 0 Å². The second-order valence-corrected chi connectivity index (χ2v) is 5.67. The molecule has 0 saturated heterocycles. The summed E-state index contributed by atoms with van der Waals surface area (Å²) in [5.41, 5.74) is 4.72. The summed E-state index contributed by atoms with van der Waals surface area (Å²) in [6, 6.07) is 1.71. The van der Waals surface area contributed by atoms with Gasteiger partial charge >= 0.3 is 6.18 Å². The van der Waals surface area contributed by atoms with Gasteiger partial charge in [-0.05, 0) is 12.1 Å². The Balaban J connectivity index is 2.18. The first kappa shape index (κ1) is 17.7. The molecule has 2 aromatic rings. The van der Waals surface area contributed by atoms with E-state index in [1.807, 2.05) is 0 Å². The monoisotopic (exact) mass is 357 g/mol. The van der Waals surface area contributed by atoms with Gasteiger partial charge in [-0.3, -0.25) is 9.80 Å². The summed E-state index contributed by atoms with van der Waals surface area (Å²) in [6.45, 7) is 7.44. The molecular weight excluding hydrogens is 343 g/mol. The van der Waals surface area contributed by atoms with Crippen molar-refractivity contribution in [3.63, 3.8) is 0 Å². The Morgan fingerprint density at radius 2 is 2.21 bits per heavy atom. The zero-order valence-electron chi connectivity index (χ0n) is 12.4. The molecule has 0 radical (unpaired) electrons. The molecule has 0 saturated carbocycles. The molecule has 0 atom stereocenters. The Morgan fingerprint density at radius 1 is 1.50 bits per heavy atom. The number of hydrogen-bond donors (Lipinski definition) is 2. The van der Waals surface area contributed by atoms with Crippen LogP contribution in [0.4, 0.5) is 18.9 Å². The second kappa shape index (κ2) is 6.87. The van der Waals surface area contributed by atoms with Gasteiger partial charge < -0.3 is 11.1 Å². The van der Waals surface area contributed by atoms with Gasteiger partial charge in [0.05, 0.1) is 28.0 Å². The number of fused-ring (bicyclic) bond motifs is 1. The number of nitrogens with zero attached hydrogens (tertiary/aromatic N) is 3. The first-order valence-corrected chi connectivity index (χ1v) is 7.49. The van der Waals surface area contributed by atoms with E-state index < -0.39 is 17.6 Å². The molecule has 128 valence electrons. The average molecular weight is 357 g/mol. The van der Waals surface area contributed by atoms with Crippen LogP contribution in [0.1, 0.15) is 15.4 Å². The van der Waals surface area contributed by atoms with Crippen molar-refractivity contribution in [2.24, 2.45) is 5.10 Å². The van der Waals surface area contributed by atoms with Crippen LogP contribution in [-0.4, -0.2) is 35.7 Å². The highest BCUT2D eigenvalue weighted by Gasteiger charge is 2.32. The predicted molar refractivity (Wildman–Crippen MR) is 87.8 cm³/mol. The highest BCUT2D eigenvalue weighted by atomic mass is 32.1. The summed E-state index contributed by atoms with van der Waals surface area (Å²) in [5.74, 6) is -0.503. The number of thiazole rings is 1. The highest BCUT2D eigenvalue weighted by Crippen LogP contribution is 2.36. The molecule has 24 heavy (non-hydrogen) atoms. The third kappa shape index (κ3) is 3.82. The maximum Gasteiger partial charge on any atom is 0.416 e. The number of carbonyl (C=O) groups is 1. The maximum atomic E-state index is 12.8. The van der Waals surface area contributed by atoms with Crippen LogP contribution in [0.5, 0.6) is 0 Å². The van der Waals surface area contributed by atoms with Crippen molar-refractivity contribution in [1.82, 2.24) is 15.3 Å². The third-order valence-electron chi connectivity index (χ3n) is 3.06. The second-order valence-electron chi connectivity index (χ2n) is 4.67. The van der Waals surface area contributed by atoms with Crippen LogP contribution >= 0.6 is 11.3 Å². The summed E-state index contributed by atoms with van der Waals surface area (Å²) in [7, 11) is 0. The number of amides is 1. The molecule has 0 aliphatic heterocycles. The summed E-state index contributed by atoms with van der Waals surface area (Å²) >= 11 is 0.937. The number of alkyl halides is 3. The lowest BCUT2D eigenvalue weighted by atomic mass is 10.2. The molecule has 0 bridgehead atoms. The molecule has 3 N–H and O–H groups in total. The number of nitrogens with two attached hydrogens (primary N) is 1. The van der Waals surface area contributed by atoms with E-state index in [-0.39, 0.29) is 22.8 Å². The molecule has 1 aromatic heterocycles. The third-order valence-corrected chi connectivity index (χ3v) is 4.18. The van der Waals surface area contributed by atoms with Gasteiger partial charge in [-0.15, -0.1) is 11.3 Å². The largest absolute Gasteiger partial charge is 0.416 e. The Morgan fingerprint density at radius 3 is 2.79 bits per heavy atom. The fraction of sp³-hybridized carbons (Fsp3) is 0.214. The molecule has 1 amide bonds. The van der Waals surface area contributed by atoms with Crippen LogP contribution in [0.2, 0.25) is 0 Å². The fourth-order valence-electron chi connectivity index (χ4n) is 1.90. The molecule has 0 aliphatic rings. The Hall–Kier alpha value is -2.62. The van der Waals surface area contributed by atoms with E-state index in [9.17, 15) is 18.0 Å². The quantitative estimate of drug-likeness (QED) is 0.473. The van der Waals surface area contributed by atoms with Gasteiger partial charge in [0.15, 0.2) is 5.01 Å². The van der Waals surface area contributed by atoms with Crippen LogP contribution in [-0.2, 0) is 6.18 Å². The molecule has 0 unspecified atom stereocenters. The normalized spacial score (nSPS) is 11.3. The molecule has 1 heterocycles. The number of hydrazone groups is 1. The summed E-state index contributed by atoms with van der Waals surface area (Å²) in [6.07, 6.45) is -3.09. The number of nitrogens with one attached hydrogen (secondary N) is 1. The van der Waals surface area contributed by atoms with Crippen molar-refractivity contribution >= 4 is 39.9 Å². The Kier molecular flexibility index (Phi) is 5.07. The smallest absolute Gasteiger partial charge is 0.398 e. The van der Waals surface area contributed by atoms with Crippen molar-refractivity contribution in [3.05, 3.63) is 35.5 Å². The molecule has 1 aromatic carbocycles. The van der Waals surface area contributed by atoms with E-state index in [1.54, 1.807) is 0 Å². The van der Waals surface area contributed by atoms with Crippen LogP contribution < -0.4 is 11.1 Å². The molecular formula is C14H14F3N5OS. The van der Waals surface area contributed by atoms with Gasteiger partial charge in [-0.2, -0.15) is 18.3 Å². The number of benzene rings is 1. The van der Waals surface area contributed by atoms with Gasteiger partial charge in [0.2, 0.25) is 0 Å². The standard InChI is InChI=1S/C14H14F3N5OS/c1-3-22(19-2)5-4-20-12(23)13-21-10-7-8(14(15,16)17)6-9(18)11(10)24-13/h3,6-7H,1-2,4-5,18H2,(H,20,23). The van der Waals surface area contributed by atoms with E-state index in [2.05, 4.69) is 28.7 Å². The number of aromatic nitrogens is 1. The first-order valence-electron chi connectivity index (χ1n) is 6.67. The van der Waals surface area contributed by atoms with Crippen LogP contribution in [0, 0.1) is 0 Å². The van der Waals surface area contributed by atoms with Crippen LogP contribution in [0.15, 0.2) is 30.0 Å². The van der Waals surface area contributed by atoms with Gasteiger partial charge in [0.25, 0.3) is 5.91 Å². The Labute approximate surface area is 139 Å². The van der Waals surface area contributed by atoms with E-state index in [4.69, 9.17) is 5.73 Å². The number of nitrogen functional groups attached to an aromatic ring is 1. The number of rotatable bonds is 6. The minimum absolute atomic E-state index is 0.0349. The van der Waals surface area contributed by atoms with Gasteiger partial charge in [-0.1, -0.05) is 6.58 Å². The van der Waals surface area contributed by atoms with Gasteiger partial charge in [-0.25, -0.2) is 4.98 Å². The summed E-state index contributed by atoms with van der Waals surface area (Å²) in [5, 5.41) is 7.68. The van der Waals surface area contributed by atoms with Crippen molar-refractivity contribution in [2.45, 2.75) is 6.18 Å². The number of halogens is 3. The zero-order valence-corrected chi connectivity index (χ0v) is 13.2. The lowest BCUT2D eigenvalue weighted by Gasteiger charge is -2.12. The van der Waals surface area contributed by atoms with E-state index in [0.717, 1.165) is 23.5 Å². The van der Waals surface area contributed by atoms with Gasteiger partial charge in [0, 0.05) is 19.5 Å². The average Bonchev–Trinajstić information content (AvgIpc) is 2.95. The van der Waals surface area contributed by atoms with Crippen molar-refractivity contribution in [3.8, 4) is 0 Å². The topological polar surface area (TPSA) is 83.6 Å². The number of hydrogen-bond acceptors (Lipinski definition) is 6. The first-order chi connectivity index (χ1) is 11.3. The minimum Gasteiger partial charge on any atom is -0.398 e. The number of anilines is 1. The molecule has 0 aliphatic carbocycles. The lowest BCUT2D eigenvalue weighted by Crippen LogP contribution is -2.30. The maximum absolute atomic E-state index is 12.8. The highest BCUT2D eigenvalue weighted by molar-refractivity contribution is 7.20. The summed E-state index contributed by atoms with van der Waals surface area (Å²) < 4.78 is 38.7. The molecule has 6 nitrogen and oxygen atoms in total. The predicted octanol–water partition coefficient (Wildman–Crippen LogP) is 2.69. The van der Waals surface area contributed by atoms with Crippen molar-refractivity contribution in [1.29, 1.82) is 0 Å². The van der Waals surface area contributed by atoms with E-state index in [0.29, 0.717) is 11.2 Å². The zero-order chi connectivity index (χ0) is 17.9. The number of carbonyl (C=O) groups excluding carboxylic acids is 1. The van der Waals surface area contributed by atoms with Crippen LogP contribution in [0.3, 0.4) is 0 Å². The van der Waals surface area contributed by atoms with Crippen molar-refractivity contribution in [2.75, 3.05) is 18.8 Å². The molecule has 0 fully saturated rings. The molecule has 2 rings (SSSR count). The van der Waals surface area contributed by atoms with Crippen LogP contribution in [0.25, 0.3) is 10.2 Å². The lowest BCUT2D eigenvalue weighted by molar-refractivity contribution is -0.137. The molecule has 0 spiro atoms.